The zero-order valence-corrected chi connectivity index (χ0v) is 14.7. The summed E-state index contributed by atoms with van der Waals surface area (Å²) in [6.45, 7) is 0. The fourth-order valence-electron chi connectivity index (χ4n) is 2.85. The van der Waals surface area contributed by atoms with Crippen LogP contribution in [-0.2, 0) is 0 Å². The number of carboxylic acid groups (broad SMARTS) is 1. The fourth-order valence-corrected chi connectivity index (χ4v) is 4.71. The van der Waals surface area contributed by atoms with Gasteiger partial charge in [-0.1, -0.05) is 0 Å². The van der Waals surface area contributed by atoms with Crippen molar-refractivity contribution in [2.75, 3.05) is 5.73 Å². The van der Waals surface area contributed by atoms with E-state index in [-0.39, 0.29) is 4.44 Å². The zero-order chi connectivity index (χ0) is 17.4. The first-order valence-corrected chi connectivity index (χ1v) is 9.31. The summed E-state index contributed by atoms with van der Waals surface area (Å²) in [5.74, 6) is -0.990. The fraction of sp³-hybridized carbons (Fsp3) is 0. The van der Waals surface area contributed by atoms with Gasteiger partial charge in [0.15, 0.2) is 0 Å². The third kappa shape index (κ3) is 2.61. The summed E-state index contributed by atoms with van der Waals surface area (Å²) in [4.78, 5) is 11.5. The van der Waals surface area contributed by atoms with E-state index in [1.54, 1.807) is 0 Å². The number of nitrogens with zero attached hydrogens (tertiary/aromatic N) is 2. The van der Waals surface area contributed by atoms with E-state index >= 15 is 0 Å². The number of fused-ring (bicyclic) bond motifs is 1. The number of benzene rings is 2. The molecule has 2 aromatic heterocycles. The summed E-state index contributed by atoms with van der Waals surface area (Å²) in [5.41, 5.74) is 9.93. The van der Waals surface area contributed by atoms with Crippen LogP contribution in [0.1, 0.15) is 9.23 Å². The zero-order valence-electron chi connectivity index (χ0n) is 13.0. The number of aromatic carboxylic acids is 1. The van der Waals surface area contributed by atoms with Gasteiger partial charge in [0.2, 0.25) is 0 Å². The van der Waals surface area contributed by atoms with Crippen molar-refractivity contribution in [1.82, 2.24) is 10.2 Å². The monoisotopic (exact) mass is 395 g/mol. The first kappa shape index (κ1) is 15.6. The van der Waals surface area contributed by atoms with E-state index in [0.717, 1.165) is 16.7 Å². The molecule has 3 N–H and O–H groups in total. The molecule has 6 heteroatoms. The quantitative estimate of drug-likeness (QED) is 0.521. The van der Waals surface area contributed by atoms with Crippen molar-refractivity contribution in [3.8, 4) is 22.4 Å². The van der Waals surface area contributed by atoms with Crippen LogP contribution in [0.25, 0.3) is 32.2 Å². The Labute approximate surface area is 149 Å². The molecule has 0 aliphatic rings. The molecule has 4 aromatic rings. The number of hydrogen-bond acceptors (Lipinski definition) is 4. The second kappa shape index (κ2) is 6.16. The van der Waals surface area contributed by atoms with Crippen LogP contribution in [-0.4, -0.2) is 35.8 Å². The Hall–Kier alpha value is -2.95. The second-order valence-corrected chi connectivity index (χ2v) is 7.58. The number of hydrogen-bond donors (Lipinski definition) is 2. The van der Waals surface area contributed by atoms with Crippen LogP contribution in [0, 0.1) is 0 Å². The molecule has 0 aliphatic carbocycles. The molecule has 0 spiro atoms. The molecule has 5 nitrogen and oxygen atoms in total. The van der Waals surface area contributed by atoms with Gasteiger partial charge in [-0.15, -0.1) is 0 Å². The van der Waals surface area contributed by atoms with Gasteiger partial charge in [0.05, 0.1) is 0 Å². The Morgan fingerprint density at radius 2 is 1.52 bits per heavy atom. The molecule has 0 unspecified atom stereocenters. The molecule has 0 saturated carbocycles. The molecule has 122 valence electrons. The molecular formula is C19H13N3O2Se. The summed E-state index contributed by atoms with van der Waals surface area (Å²) in [6, 6.07) is 19.5. The Balaban J connectivity index is 2.13. The summed E-state index contributed by atoms with van der Waals surface area (Å²) in [5, 5.41) is 18.9. The van der Waals surface area contributed by atoms with Gasteiger partial charge in [-0.3, -0.25) is 0 Å². The molecule has 2 aromatic carbocycles. The predicted octanol–water partition coefficient (Wildman–Crippen LogP) is 3.30. The predicted molar refractivity (Wildman–Crippen MR) is 98.7 cm³/mol. The van der Waals surface area contributed by atoms with Crippen LogP contribution in [0.15, 0.2) is 60.7 Å². The molecule has 0 amide bonds. The summed E-state index contributed by atoms with van der Waals surface area (Å²) >= 11 is -0.447. The van der Waals surface area contributed by atoms with Crippen LogP contribution in [0.4, 0.5) is 5.69 Å². The average Bonchev–Trinajstić information content (AvgIpc) is 3.00. The number of carbonyl (C=O) groups is 1. The SMILES string of the molecule is Nc1c(C(=O)O)[se]c2nnc(-c3ccccc3)c(-c3ccccc3)c12. The Morgan fingerprint density at radius 3 is 2.12 bits per heavy atom. The Kier molecular flexibility index (Phi) is 3.84. The third-order valence-electron chi connectivity index (χ3n) is 3.96. The first-order chi connectivity index (χ1) is 12.2. The molecule has 0 aliphatic heterocycles. The van der Waals surface area contributed by atoms with E-state index in [0.29, 0.717) is 21.2 Å². The number of nitrogen functional groups attached to an aromatic ring is 1. The van der Waals surface area contributed by atoms with Crippen molar-refractivity contribution in [3.63, 3.8) is 0 Å². The second-order valence-electron chi connectivity index (χ2n) is 5.49. The summed E-state index contributed by atoms with van der Waals surface area (Å²) in [6.07, 6.45) is 0. The summed E-state index contributed by atoms with van der Waals surface area (Å²) in [7, 11) is 0. The van der Waals surface area contributed by atoms with E-state index in [1.165, 1.54) is 0 Å². The Morgan fingerprint density at radius 1 is 0.920 bits per heavy atom. The molecule has 0 saturated heterocycles. The van der Waals surface area contributed by atoms with Gasteiger partial charge in [0.1, 0.15) is 0 Å². The molecule has 0 atom stereocenters. The van der Waals surface area contributed by atoms with Crippen molar-refractivity contribution in [1.29, 1.82) is 0 Å². The van der Waals surface area contributed by atoms with Crippen molar-refractivity contribution in [2.45, 2.75) is 0 Å². The van der Waals surface area contributed by atoms with Crippen molar-refractivity contribution in [2.24, 2.45) is 0 Å². The minimum atomic E-state index is -0.990. The molecule has 0 fully saturated rings. The molecule has 0 radical (unpaired) electrons. The van der Waals surface area contributed by atoms with E-state index in [4.69, 9.17) is 5.73 Å². The van der Waals surface area contributed by atoms with Crippen LogP contribution in [0.5, 0.6) is 0 Å². The molecule has 0 bridgehead atoms. The van der Waals surface area contributed by atoms with Crippen LogP contribution in [0.3, 0.4) is 0 Å². The number of carboxylic acids is 1. The molecule has 25 heavy (non-hydrogen) atoms. The Bertz CT molecular complexity index is 1080. The third-order valence-corrected chi connectivity index (χ3v) is 6.22. The van der Waals surface area contributed by atoms with Gasteiger partial charge < -0.3 is 0 Å². The van der Waals surface area contributed by atoms with Crippen LogP contribution >= 0.6 is 0 Å². The first-order valence-electron chi connectivity index (χ1n) is 7.59. The van der Waals surface area contributed by atoms with Gasteiger partial charge in [-0.2, -0.15) is 0 Å². The van der Waals surface area contributed by atoms with E-state index < -0.39 is 20.5 Å². The van der Waals surface area contributed by atoms with Gasteiger partial charge in [-0.05, 0) is 0 Å². The topological polar surface area (TPSA) is 89.1 Å². The summed E-state index contributed by atoms with van der Waals surface area (Å²) < 4.78 is 0.903. The van der Waals surface area contributed by atoms with Gasteiger partial charge in [0.25, 0.3) is 0 Å². The van der Waals surface area contributed by atoms with Crippen molar-refractivity contribution < 1.29 is 9.90 Å². The van der Waals surface area contributed by atoms with E-state index in [9.17, 15) is 9.90 Å². The van der Waals surface area contributed by atoms with Gasteiger partial charge in [-0.25, -0.2) is 0 Å². The van der Waals surface area contributed by atoms with E-state index in [2.05, 4.69) is 10.2 Å². The number of anilines is 1. The normalized spacial score (nSPS) is 10.9. The van der Waals surface area contributed by atoms with Gasteiger partial charge >= 0.3 is 149 Å². The van der Waals surface area contributed by atoms with Crippen LogP contribution in [0.2, 0.25) is 0 Å². The maximum atomic E-state index is 11.5. The van der Waals surface area contributed by atoms with Crippen LogP contribution < -0.4 is 5.73 Å². The van der Waals surface area contributed by atoms with Crippen molar-refractivity contribution in [3.05, 3.63) is 65.1 Å². The van der Waals surface area contributed by atoms with Gasteiger partial charge in [0, 0.05) is 0 Å². The molecule has 2 heterocycles. The van der Waals surface area contributed by atoms with E-state index in [1.807, 2.05) is 60.7 Å². The average molecular weight is 394 g/mol. The standard InChI is InChI=1S/C19H13N3O2Se/c20-15-14-13(11-7-3-1-4-8-11)16(12-9-5-2-6-10-12)21-22-18(14)25-17(15)19(23)24/h1-10H,20H2,(H,23,24). The minimum absolute atomic E-state index is 0.235. The molecular weight excluding hydrogens is 381 g/mol. The number of rotatable bonds is 3. The maximum absolute atomic E-state index is 11.5. The number of nitrogens with two attached hydrogens (primary N) is 1. The van der Waals surface area contributed by atoms with Crippen molar-refractivity contribution >= 4 is 35.9 Å². The molecule has 4 rings (SSSR count). The number of aromatic nitrogens is 2.